The van der Waals surface area contributed by atoms with E-state index in [1.165, 1.54) is 0 Å². The van der Waals surface area contributed by atoms with Gasteiger partial charge in [-0.15, -0.1) is 0 Å². The number of benzene rings is 1. The highest BCUT2D eigenvalue weighted by molar-refractivity contribution is 5.46. The predicted molar refractivity (Wildman–Crippen MR) is 74.4 cm³/mol. The van der Waals surface area contributed by atoms with E-state index in [0.717, 1.165) is 28.9 Å². The first kappa shape index (κ1) is 13.6. The van der Waals surface area contributed by atoms with E-state index in [1.807, 2.05) is 37.5 Å². The van der Waals surface area contributed by atoms with Gasteiger partial charge in [0.15, 0.2) is 0 Å². The van der Waals surface area contributed by atoms with E-state index in [1.54, 1.807) is 19.6 Å². The Kier molecular flexibility index (Phi) is 3.90. The molecule has 0 amide bonds. The molecule has 0 saturated heterocycles. The standard InChI is InChI=1S/C15H20N2O2/c1-5-17-9-16-8-12(17)15(18)14-11(3)6-10(2)7-13(14)19-4/h6-9,15,18H,5H2,1-4H3. The Morgan fingerprint density at radius 2 is 2.11 bits per heavy atom. The molecule has 2 aromatic rings. The number of aromatic nitrogens is 2. The highest BCUT2D eigenvalue weighted by atomic mass is 16.5. The van der Waals surface area contributed by atoms with Crippen LogP contribution in [-0.2, 0) is 6.54 Å². The maximum Gasteiger partial charge on any atom is 0.125 e. The fourth-order valence-electron chi connectivity index (χ4n) is 2.43. The van der Waals surface area contributed by atoms with Gasteiger partial charge in [0.2, 0.25) is 0 Å². The largest absolute Gasteiger partial charge is 0.496 e. The Balaban J connectivity index is 2.52. The zero-order valence-corrected chi connectivity index (χ0v) is 11.8. The van der Waals surface area contributed by atoms with Crippen molar-refractivity contribution >= 4 is 0 Å². The second-order valence-corrected chi connectivity index (χ2v) is 4.70. The summed E-state index contributed by atoms with van der Waals surface area (Å²) in [5.41, 5.74) is 3.73. The van der Waals surface area contributed by atoms with Gasteiger partial charge >= 0.3 is 0 Å². The van der Waals surface area contributed by atoms with E-state index in [-0.39, 0.29) is 0 Å². The van der Waals surface area contributed by atoms with Crippen LogP contribution in [0, 0.1) is 13.8 Å². The van der Waals surface area contributed by atoms with Crippen LogP contribution in [0.4, 0.5) is 0 Å². The first-order valence-corrected chi connectivity index (χ1v) is 6.41. The topological polar surface area (TPSA) is 47.3 Å². The van der Waals surface area contributed by atoms with Crippen molar-refractivity contribution in [3.63, 3.8) is 0 Å². The van der Waals surface area contributed by atoms with Crippen molar-refractivity contribution < 1.29 is 9.84 Å². The van der Waals surface area contributed by atoms with E-state index in [4.69, 9.17) is 4.74 Å². The lowest BCUT2D eigenvalue weighted by atomic mass is 9.98. The Morgan fingerprint density at radius 1 is 1.37 bits per heavy atom. The summed E-state index contributed by atoms with van der Waals surface area (Å²) in [4.78, 5) is 4.10. The Labute approximate surface area is 113 Å². The van der Waals surface area contributed by atoms with Gasteiger partial charge in [0.25, 0.3) is 0 Å². The summed E-state index contributed by atoms with van der Waals surface area (Å²) < 4.78 is 7.34. The highest BCUT2D eigenvalue weighted by Gasteiger charge is 2.21. The van der Waals surface area contributed by atoms with Crippen molar-refractivity contribution in [3.05, 3.63) is 47.0 Å². The van der Waals surface area contributed by atoms with Crippen molar-refractivity contribution in [1.29, 1.82) is 0 Å². The molecule has 0 bridgehead atoms. The van der Waals surface area contributed by atoms with Gasteiger partial charge in [0.1, 0.15) is 11.9 Å². The van der Waals surface area contributed by atoms with Crippen LogP contribution < -0.4 is 4.74 Å². The normalized spacial score (nSPS) is 12.5. The highest BCUT2D eigenvalue weighted by Crippen LogP contribution is 2.33. The third kappa shape index (κ3) is 2.49. The summed E-state index contributed by atoms with van der Waals surface area (Å²) in [5, 5.41) is 10.6. The van der Waals surface area contributed by atoms with E-state index < -0.39 is 6.10 Å². The lowest BCUT2D eigenvalue weighted by Crippen LogP contribution is -2.10. The molecule has 0 fully saturated rings. The number of imidazole rings is 1. The second-order valence-electron chi connectivity index (χ2n) is 4.70. The van der Waals surface area contributed by atoms with Crippen molar-refractivity contribution in [3.8, 4) is 5.75 Å². The number of hydrogen-bond acceptors (Lipinski definition) is 3. The molecule has 1 aromatic carbocycles. The molecule has 4 nitrogen and oxygen atoms in total. The van der Waals surface area contributed by atoms with Crippen LogP contribution in [0.1, 0.15) is 35.4 Å². The molecule has 0 radical (unpaired) electrons. The second kappa shape index (κ2) is 5.45. The molecule has 1 atom stereocenters. The number of aryl methyl sites for hydroxylation is 3. The molecule has 102 valence electrons. The first-order valence-electron chi connectivity index (χ1n) is 6.41. The quantitative estimate of drug-likeness (QED) is 0.919. The maximum absolute atomic E-state index is 10.6. The molecule has 1 unspecified atom stereocenters. The number of nitrogens with zero attached hydrogens (tertiary/aromatic N) is 2. The third-order valence-corrected chi connectivity index (χ3v) is 3.35. The van der Waals surface area contributed by atoms with Gasteiger partial charge in [0, 0.05) is 12.1 Å². The van der Waals surface area contributed by atoms with Crippen LogP contribution in [0.2, 0.25) is 0 Å². The minimum absolute atomic E-state index is 0.717. The lowest BCUT2D eigenvalue weighted by Gasteiger charge is -2.19. The zero-order valence-electron chi connectivity index (χ0n) is 11.8. The Bertz CT molecular complexity index is 576. The van der Waals surface area contributed by atoms with Crippen molar-refractivity contribution in [2.75, 3.05) is 7.11 Å². The maximum atomic E-state index is 10.6. The van der Waals surface area contributed by atoms with Crippen LogP contribution in [0.25, 0.3) is 0 Å². The summed E-state index contributed by atoms with van der Waals surface area (Å²) in [6, 6.07) is 3.99. The van der Waals surface area contributed by atoms with Gasteiger partial charge in [-0.2, -0.15) is 0 Å². The molecule has 1 aromatic heterocycles. The van der Waals surface area contributed by atoms with Gasteiger partial charge in [-0.05, 0) is 38.0 Å². The minimum Gasteiger partial charge on any atom is -0.496 e. The summed E-state index contributed by atoms with van der Waals surface area (Å²) in [6.07, 6.45) is 2.71. The zero-order chi connectivity index (χ0) is 14.0. The van der Waals surface area contributed by atoms with Crippen LogP contribution in [0.15, 0.2) is 24.7 Å². The molecule has 0 aliphatic rings. The van der Waals surface area contributed by atoms with E-state index in [0.29, 0.717) is 5.75 Å². The fraction of sp³-hybridized carbons (Fsp3) is 0.400. The van der Waals surface area contributed by atoms with Gasteiger partial charge in [0.05, 0.1) is 25.3 Å². The van der Waals surface area contributed by atoms with Gasteiger partial charge in [-0.1, -0.05) is 6.07 Å². The Hall–Kier alpha value is -1.81. The molecular weight excluding hydrogens is 240 g/mol. The summed E-state index contributed by atoms with van der Waals surface area (Å²) in [7, 11) is 1.63. The number of rotatable bonds is 4. The molecule has 1 heterocycles. The summed E-state index contributed by atoms with van der Waals surface area (Å²) in [6.45, 7) is 6.81. The van der Waals surface area contributed by atoms with Crippen molar-refractivity contribution in [2.24, 2.45) is 0 Å². The minimum atomic E-state index is -0.724. The Morgan fingerprint density at radius 3 is 2.74 bits per heavy atom. The molecule has 4 heteroatoms. The molecular formula is C15H20N2O2. The number of aliphatic hydroxyl groups is 1. The predicted octanol–water partition coefficient (Wildman–Crippen LogP) is 2.61. The number of ether oxygens (including phenoxy) is 1. The van der Waals surface area contributed by atoms with Crippen molar-refractivity contribution in [1.82, 2.24) is 9.55 Å². The van der Waals surface area contributed by atoms with E-state index in [9.17, 15) is 5.11 Å². The number of aliphatic hydroxyl groups excluding tert-OH is 1. The lowest BCUT2D eigenvalue weighted by molar-refractivity contribution is 0.204. The van der Waals surface area contributed by atoms with Crippen LogP contribution >= 0.6 is 0 Å². The average Bonchev–Trinajstić information content (AvgIpc) is 2.85. The van der Waals surface area contributed by atoms with Gasteiger partial charge < -0.3 is 14.4 Å². The number of methoxy groups -OCH3 is 1. The smallest absolute Gasteiger partial charge is 0.125 e. The summed E-state index contributed by atoms with van der Waals surface area (Å²) in [5.74, 6) is 0.717. The molecule has 2 rings (SSSR count). The fourth-order valence-corrected chi connectivity index (χ4v) is 2.43. The third-order valence-electron chi connectivity index (χ3n) is 3.35. The van der Waals surface area contributed by atoms with Crippen LogP contribution in [0.5, 0.6) is 5.75 Å². The average molecular weight is 260 g/mol. The van der Waals surface area contributed by atoms with Gasteiger partial charge in [-0.3, -0.25) is 0 Å². The molecule has 1 N–H and O–H groups in total. The van der Waals surface area contributed by atoms with Crippen LogP contribution in [-0.4, -0.2) is 21.8 Å². The first-order chi connectivity index (χ1) is 9.08. The van der Waals surface area contributed by atoms with Crippen LogP contribution in [0.3, 0.4) is 0 Å². The molecule has 0 aliphatic heterocycles. The monoisotopic (exact) mass is 260 g/mol. The SMILES string of the molecule is CCn1cncc1C(O)c1c(C)cc(C)cc1OC. The molecule has 0 saturated carbocycles. The number of hydrogen-bond donors (Lipinski definition) is 1. The summed E-state index contributed by atoms with van der Waals surface area (Å²) >= 11 is 0. The molecule has 0 aliphatic carbocycles. The van der Waals surface area contributed by atoms with E-state index >= 15 is 0 Å². The van der Waals surface area contributed by atoms with E-state index in [2.05, 4.69) is 4.98 Å². The molecule has 0 spiro atoms. The van der Waals surface area contributed by atoms with Crippen molar-refractivity contribution in [2.45, 2.75) is 33.4 Å². The molecule has 19 heavy (non-hydrogen) atoms. The van der Waals surface area contributed by atoms with Gasteiger partial charge in [-0.25, -0.2) is 4.98 Å².